The van der Waals surface area contributed by atoms with Gasteiger partial charge < -0.3 is 24.4 Å². The zero-order valence-electron chi connectivity index (χ0n) is 17.5. The Kier molecular flexibility index (Phi) is 9.70. The van der Waals surface area contributed by atoms with Crippen LogP contribution < -0.4 is 0 Å². The van der Waals surface area contributed by atoms with Crippen LogP contribution in [0.4, 0.5) is 0 Å². The molecule has 0 saturated carbocycles. The van der Waals surface area contributed by atoms with Crippen LogP contribution in [0.5, 0.6) is 0 Å². The van der Waals surface area contributed by atoms with E-state index in [9.17, 15) is 10.2 Å². The van der Waals surface area contributed by atoms with Gasteiger partial charge in [-0.05, 0) is 16.7 Å². The van der Waals surface area contributed by atoms with E-state index in [0.29, 0.717) is 19.8 Å². The molecule has 2 N–H and O–H groups in total. The van der Waals surface area contributed by atoms with Crippen LogP contribution >= 0.6 is 0 Å². The largest absolute Gasteiger partial charge is 0.394 e. The van der Waals surface area contributed by atoms with E-state index in [2.05, 4.69) is 0 Å². The van der Waals surface area contributed by atoms with Crippen LogP contribution in [0.25, 0.3) is 0 Å². The number of hydrogen-bond donors (Lipinski definition) is 2. The predicted octanol–water partition coefficient (Wildman–Crippen LogP) is 3.73. The zero-order valence-corrected chi connectivity index (χ0v) is 17.5. The number of benzene rings is 3. The van der Waals surface area contributed by atoms with E-state index in [0.717, 1.165) is 16.7 Å². The van der Waals surface area contributed by atoms with Crippen molar-refractivity contribution in [2.45, 2.75) is 38.1 Å². The van der Waals surface area contributed by atoms with E-state index >= 15 is 0 Å². The van der Waals surface area contributed by atoms with Crippen molar-refractivity contribution in [1.82, 2.24) is 0 Å². The molecule has 0 saturated heterocycles. The van der Waals surface area contributed by atoms with Crippen LogP contribution in [-0.4, -0.2) is 41.7 Å². The molecule has 0 amide bonds. The van der Waals surface area contributed by atoms with E-state index in [-0.39, 0.29) is 13.2 Å². The molecule has 31 heavy (non-hydrogen) atoms. The summed E-state index contributed by atoms with van der Waals surface area (Å²) in [7, 11) is 0. The van der Waals surface area contributed by atoms with Crippen molar-refractivity contribution < 1.29 is 24.4 Å². The molecule has 0 aromatic heterocycles. The molecule has 0 spiro atoms. The first-order valence-electron chi connectivity index (χ1n) is 10.5. The fourth-order valence-electron chi connectivity index (χ4n) is 3.23. The molecule has 0 aliphatic rings. The summed E-state index contributed by atoms with van der Waals surface area (Å²) in [6, 6.07) is 29.2. The second kappa shape index (κ2) is 13.0. The third kappa shape index (κ3) is 7.90. The summed E-state index contributed by atoms with van der Waals surface area (Å²) in [4.78, 5) is 0. The Bertz CT molecular complexity index is 841. The van der Waals surface area contributed by atoms with Crippen molar-refractivity contribution in [3.05, 3.63) is 108 Å². The first-order valence-corrected chi connectivity index (χ1v) is 10.5. The number of ether oxygens (including phenoxy) is 3. The maximum atomic E-state index is 10.8. The standard InChI is InChI=1S/C26H30O5/c27-16-25(30-18-22-12-6-2-7-13-22)26(31-19-23-14-8-3-9-15-23)24(28)20-29-17-21-10-4-1-5-11-21/h1-15,24-28H,16-20H2/t24-,25?,26-/m0/s1. The minimum atomic E-state index is -0.958. The van der Waals surface area contributed by atoms with Crippen LogP contribution in [0.2, 0.25) is 0 Å². The summed E-state index contributed by atoms with van der Waals surface area (Å²) in [5.74, 6) is 0. The molecular weight excluding hydrogens is 392 g/mol. The maximum Gasteiger partial charge on any atom is 0.114 e. The Hall–Kier alpha value is -2.54. The predicted molar refractivity (Wildman–Crippen MR) is 119 cm³/mol. The molecule has 5 heteroatoms. The third-order valence-corrected chi connectivity index (χ3v) is 4.92. The highest BCUT2D eigenvalue weighted by Crippen LogP contribution is 2.16. The number of hydrogen-bond acceptors (Lipinski definition) is 5. The molecule has 3 aromatic rings. The lowest BCUT2D eigenvalue weighted by Gasteiger charge is -2.30. The molecule has 3 atom stereocenters. The molecule has 164 valence electrons. The second-order valence-corrected chi connectivity index (χ2v) is 7.35. The van der Waals surface area contributed by atoms with Crippen LogP contribution in [0.3, 0.4) is 0 Å². The van der Waals surface area contributed by atoms with Gasteiger partial charge in [0.15, 0.2) is 0 Å². The lowest BCUT2D eigenvalue weighted by Crippen LogP contribution is -2.45. The summed E-state index contributed by atoms with van der Waals surface area (Å²) in [6.07, 6.45) is -2.40. The van der Waals surface area contributed by atoms with E-state index < -0.39 is 18.3 Å². The summed E-state index contributed by atoms with van der Waals surface area (Å²) in [6.45, 7) is 0.793. The molecule has 0 heterocycles. The Morgan fingerprint density at radius 2 is 1.06 bits per heavy atom. The quantitative estimate of drug-likeness (QED) is 0.439. The molecule has 1 unspecified atom stereocenters. The molecule has 5 nitrogen and oxygen atoms in total. The van der Waals surface area contributed by atoms with Crippen molar-refractivity contribution in [1.29, 1.82) is 0 Å². The van der Waals surface area contributed by atoms with Gasteiger partial charge in [-0.1, -0.05) is 91.0 Å². The Labute approximate surface area is 183 Å². The average molecular weight is 423 g/mol. The van der Waals surface area contributed by atoms with Crippen molar-refractivity contribution in [2.24, 2.45) is 0 Å². The van der Waals surface area contributed by atoms with Crippen LogP contribution in [0.1, 0.15) is 16.7 Å². The van der Waals surface area contributed by atoms with Gasteiger partial charge in [0.1, 0.15) is 18.3 Å². The summed E-state index contributed by atoms with van der Waals surface area (Å²) >= 11 is 0. The van der Waals surface area contributed by atoms with Gasteiger partial charge in [-0.2, -0.15) is 0 Å². The van der Waals surface area contributed by atoms with E-state index in [1.165, 1.54) is 0 Å². The third-order valence-electron chi connectivity index (χ3n) is 4.92. The first kappa shape index (κ1) is 23.1. The normalized spacial score (nSPS) is 14.1. The van der Waals surface area contributed by atoms with Crippen LogP contribution in [-0.2, 0) is 34.0 Å². The van der Waals surface area contributed by atoms with E-state index in [1.54, 1.807) is 0 Å². The van der Waals surface area contributed by atoms with Gasteiger partial charge in [-0.25, -0.2) is 0 Å². The van der Waals surface area contributed by atoms with Gasteiger partial charge >= 0.3 is 0 Å². The van der Waals surface area contributed by atoms with E-state index in [4.69, 9.17) is 14.2 Å². The lowest BCUT2D eigenvalue weighted by atomic mass is 10.1. The fraction of sp³-hybridized carbons (Fsp3) is 0.308. The van der Waals surface area contributed by atoms with Crippen molar-refractivity contribution in [2.75, 3.05) is 13.2 Å². The Morgan fingerprint density at radius 1 is 0.613 bits per heavy atom. The van der Waals surface area contributed by atoms with Gasteiger partial charge in [-0.3, -0.25) is 0 Å². The van der Waals surface area contributed by atoms with Gasteiger partial charge in [-0.15, -0.1) is 0 Å². The average Bonchev–Trinajstić information content (AvgIpc) is 2.83. The zero-order chi connectivity index (χ0) is 21.7. The van der Waals surface area contributed by atoms with E-state index in [1.807, 2.05) is 91.0 Å². The highest BCUT2D eigenvalue weighted by molar-refractivity contribution is 5.15. The molecule has 0 fully saturated rings. The number of rotatable bonds is 13. The lowest BCUT2D eigenvalue weighted by molar-refractivity contribution is -0.157. The minimum absolute atomic E-state index is 0.0690. The molecule has 3 aromatic carbocycles. The molecule has 0 aliphatic heterocycles. The highest BCUT2D eigenvalue weighted by atomic mass is 16.6. The fourth-order valence-corrected chi connectivity index (χ4v) is 3.23. The summed E-state index contributed by atoms with van der Waals surface area (Å²) < 4.78 is 17.6. The van der Waals surface area contributed by atoms with Crippen molar-refractivity contribution in [3.8, 4) is 0 Å². The summed E-state index contributed by atoms with van der Waals surface area (Å²) in [5.41, 5.74) is 2.98. The molecule has 3 rings (SSSR count). The summed E-state index contributed by atoms with van der Waals surface area (Å²) in [5, 5.41) is 20.8. The van der Waals surface area contributed by atoms with Crippen LogP contribution in [0, 0.1) is 0 Å². The Balaban J connectivity index is 1.61. The SMILES string of the molecule is OCC(OCc1ccccc1)[C@@H](OCc1ccccc1)[C@@H](O)COCc1ccccc1. The van der Waals surface area contributed by atoms with Crippen LogP contribution in [0.15, 0.2) is 91.0 Å². The van der Waals surface area contributed by atoms with Gasteiger partial charge in [0.05, 0.1) is 33.0 Å². The number of aliphatic hydroxyl groups excluding tert-OH is 2. The van der Waals surface area contributed by atoms with Gasteiger partial charge in [0.2, 0.25) is 0 Å². The smallest absolute Gasteiger partial charge is 0.114 e. The topological polar surface area (TPSA) is 68.2 Å². The van der Waals surface area contributed by atoms with Crippen molar-refractivity contribution in [3.63, 3.8) is 0 Å². The molecule has 0 bridgehead atoms. The highest BCUT2D eigenvalue weighted by Gasteiger charge is 2.30. The van der Waals surface area contributed by atoms with Gasteiger partial charge in [0.25, 0.3) is 0 Å². The molecular formula is C26H30O5. The Morgan fingerprint density at radius 3 is 1.55 bits per heavy atom. The monoisotopic (exact) mass is 422 g/mol. The maximum absolute atomic E-state index is 10.8. The number of aliphatic hydroxyl groups is 2. The van der Waals surface area contributed by atoms with Gasteiger partial charge in [0, 0.05) is 0 Å². The first-order chi connectivity index (χ1) is 15.3. The molecule has 0 radical (unpaired) electrons. The second-order valence-electron chi connectivity index (χ2n) is 7.35. The molecule has 0 aliphatic carbocycles. The minimum Gasteiger partial charge on any atom is -0.394 e. The van der Waals surface area contributed by atoms with Crippen molar-refractivity contribution >= 4 is 0 Å².